The summed E-state index contributed by atoms with van der Waals surface area (Å²) < 4.78 is 41.4. The molecule has 9 heteroatoms. The molecule has 0 bridgehead atoms. The van der Waals surface area contributed by atoms with Crippen LogP contribution in [-0.2, 0) is 11.3 Å². The van der Waals surface area contributed by atoms with Gasteiger partial charge < -0.3 is 15.0 Å². The topological polar surface area (TPSA) is 54.5 Å². The SMILES string of the molecule is O=C(NCc1ccc(OC(F)(F)F)cc1)C1CN(c2nc3ccccc3s2)C1. The molecule has 5 nitrogen and oxygen atoms in total. The molecule has 1 aliphatic heterocycles. The van der Waals surface area contributed by atoms with E-state index >= 15 is 0 Å². The molecular weight excluding hydrogens is 391 g/mol. The van der Waals surface area contributed by atoms with Gasteiger partial charge in [-0.05, 0) is 29.8 Å². The van der Waals surface area contributed by atoms with E-state index in [4.69, 9.17) is 0 Å². The number of aromatic nitrogens is 1. The van der Waals surface area contributed by atoms with Crippen LogP contribution < -0.4 is 15.0 Å². The van der Waals surface area contributed by atoms with Crippen molar-refractivity contribution < 1.29 is 22.7 Å². The predicted octanol–water partition coefficient (Wildman–Crippen LogP) is 3.95. The molecule has 1 aliphatic rings. The van der Waals surface area contributed by atoms with Crippen LogP contribution in [0.2, 0.25) is 0 Å². The second-order valence-electron chi connectivity index (χ2n) is 6.48. The summed E-state index contributed by atoms with van der Waals surface area (Å²) >= 11 is 1.60. The van der Waals surface area contributed by atoms with E-state index in [9.17, 15) is 18.0 Å². The lowest BCUT2D eigenvalue weighted by molar-refractivity contribution is -0.274. The summed E-state index contributed by atoms with van der Waals surface area (Å²) in [6, 6.07) is 13.3. The number of para-hydroxylation sites is 1. The molecule has 146 valence electrons. The first-order valence-corrected chi connectivity index (χ1v) is 9.42. The summed E-state index contributed by atoms with van der Waals surface area (Å²) in [4.78, 5) is 18.9. The second kappa shape index (κ2) is 7.31. The number of ether oxygens (including phenoxy) is 1. The van der Waals surface area contributed by atoms with Crippen molar-refractivity contribution in [2.45, 2.75) is 12.9 Å². The molecule has 1 aromatic heterocycles. The van der Waals surface area contributed by atoms with Crippen LogP contribution in [0.15, 0.2) is 48.5 Å². The van der Waals surface area contributed by atoms with E-state index in [1.54, 1.807) is 11.3 Å². The number of amides is 1. The fourth-order valence-electron chi connectivity index (χ4n) is 2.94. The largest absolute Gasteiger partial charge is 0.573 e. The second-order valence-corrected chi connectivity index (χ2v) is 7.48. The highest BCUT2D eigenvalue weighted by molar-refractivity contribution is 7.22. The minimum atomic E-state index is -4.71. The quantitative estimate of drug-likeness (QED) is 0.696. The highest BCUT2D eigenvalue weighted by Gasteiger charge is 2.34. The predicted molar refractivity (Wildman–Crippen MR) is 100 cm³/mol. The van der Waals surface area contributed by atoms with E-state index in [1.807, 2.05) is 24.3 Å². The molecule has 0 radical (unpaired) electrons. The lowest BCUT2D eigenvalue weighted by Gasteiger charge is -2.37. The van der Waals surface area contributed by atoms with Crippen molar-refractivity contribution in [3.8, 4) is 5.75 Å². The van der Waals surface area contributed by atoms with Crippen LogP contribution in [-0.4, -0.2) is 30.3 Å². The van der Waals surface area contributed by atoms with Gasteiger partial charge in [0.1, 0.15) is 5.75 Å². The molecular formula is C19H16F3N3O2S. The third-order valence-electron chi connectivity index (χ3n) is 4.43. The number of benzene rings is 2. The molecule has 1 saturated heterocycles. The Morgan fingerprint density at radius 3 is 2.57 bits per heavy atom. The zero-order chi connectivity index (χ0) is 19.7. The summed E-state index contributed by atoms with van der Waals surface area (Å²) in [7, 11) is 0. The van der Waals surface area contributed by atoms with Gasteiger partial charge in [0.15, 0.2) is 5.13 Å². The molecule has 3 aromatic rings. The van der Waals surface area contributed by atoms with Crippen LogP contribution in [0.4, 0.5) is 18.3 Å². The van der Waals surface area contributed by atoms with E-state index in [1.165, 1.54) is 24.3 Å². The molecule has 4 rings (SSSR count). The molecule has 28 heavy (non-hydrogen) atoms. The minimum absolute atomic E-state index is 0.0759. The number of nitrogens with one attached hydrogen (secondary N) is 1. The monoisotopic (exact) mass is 407 g/mol. The van der Waals surface area contributed by atoms with Gasteiger partial charge in [-0.1, -0.05) is 35.6 Å². The van der Waals surface area contributed by atoms with Crippen LogP contribution >= 0.6 is 11.3 Å². The van der Waals surface area contributed by atoms with Crippen LogP contribution in [0.1, 0.15) is 5.56 Å². The van der Waals surface area contributed by atoms with Gasteiger partial charge >= 0.3 is 6.36 Å². The van der Waals surface area contributed by atoms with Crippen molar-refractivity contribution >= 4 is 32.6 Å². The number of alkyl halides is 3. The van der Waals surface area contributed by atoms with Gasteiger partial charge in [-0.15, -0.1) is 13.2 Å². The Hall–Kier alpha value is -2.81. The number of rotatable bonds is 5. The molecule has 0 atom stereocenters. The smallest absolute Gasteiger partial charge is 0.406 e. The molecule has 1 amide bonds. The molecule has 0 saturated carbocycles. The minimum Gasteiger partial charge on any atom is -0.406 e. The fourth-order valence-corrected chi connectivity index (χ4v) is 3.92. The maximum Gasteiger partial charge on any atom is 0.573 e. The number of nitrogens with zero attached hydrogens (tertiary/aromatic N) is 2. The van der Waals surface area contributed by atoms with Gasteiger partial charge in [-0.25, -0.2) is 4.98 Å². The first kappa shape index (κ1) is 18.5. The Labute approximate surface area is 162 Å². The third kappa shape index (κ3) is 4.19. The van der Waals surface area contributed by atoms with Gasteiger partial charge in [0.05, 0.1) is 16.1 Å². The standard InChI is InChI=1S/C19H16F3N3O2S/c20-19(21,22)27-14-7-5-12(6-8-14)9-23-17(26)13-10-25(11-13)18-24-15-3-1-2-4-16(15)28-18/h1-8,13H,9-11H2,(H,23,26). The van der Waals surface area contributed by atoms with Gasteiger partial charge in [0.2, 0.25) is 5.91 Å². The van der Waals surface area contributed by atoms with Gasteiger partial charge in [-0.2, -0.15) is 0 Å². The van der Waals surface area contributed by atoms with Crippen LogP contribution in [0.3, 0.4) is 0 Å². The van der Waals surface area contributed by atoms with Crippen molar-refractivity contribution in [1.82, 2.24) is 10.3 Å². The van der Waals surface area contributed by atoms with Gasteiger partial charge in [0.25, 0.3) is 0 Å². The maximum atomic E-state index is 12.3. The normalized spacial score (nSPS) is 14.8. The van der Waals surface area contributed by atoms with E-state index in [0.29, 0.717) is 18.7 Å². The number of thiazole rings is 1. The van der Waals surface area contributed by atoms with E-state index in [2.05, 4.69) is 19.9 Å². The highest BCUT2D eigenvalue weighted by Crippen LogP contribution is 2.32. The van der Waals surface area contributed by atoms with E-state index < -0.39 is 6.36 Å². The number of carbonyl (C=O) groups is 1. The molecule has 2 aromatic carbocycles. The molecule has 0 spiro atoms. The summed E-state index contributed by atoms with van der Waals surface area (Å²) in [5, 5.41) is 3.73. The number of carbonyl (C=O) groups excluding carboxylic acids is 1. The average molecular weight is 407 g/mol. The number of anilines is 1. The Morgan fingerprint density at radius 2 is 1.89 bits per heavy atom. The Bertz CT molecular complexity index is 949. The van der Waals surface area contributed by atoms with E-state index in [-0.39, 0.29) is 24.1 Å². The average Bonchev–Trinajstić information content (AvgIpc) is 3.02. The molecule has 1 N–H and O–H groups in total. The van der Waals surface area contributed by atoms with Gasteiger partial charge in [0, 0.05) is 19.6 Å². The summed E-state index contributed by atoms with van der Waals surface area (Å²) in [6.07, 6.45) is -4.71. The van der Waals surface area contributed by atoms with Gasteiger partial charge in [-0.3, -0.25) is 4.79 Å². The van der Waals surface area contributed by atoms with Crippen molar-refractivity contribution in [2.75, 3.05) is 18.0 Å². The van der Waals surface area contributed by atoms with Crippen molar-refractivity contribution in [3.05, 3.63) is 54.1 Å². The number of hydrogen-bond donors (Lipinski definition) is 1. The van der Waals surface area contributed by atoms with Crippen molar-refractivity contribution in [1.29, 1.82) is 0 Å². The summed E-state index contributed by atoms with van der Waals surface area (Å²) in [5.41, 5.74) is 1.65. The highest BCUT2D eigenvalue weighted by atomic mass is 32.1. The van der Waals surface area contributed by atoms with Crippen molar-refractivity contribution in [3.63, 3.8) is 0 Å². The summed E-state index contributed by atoms with van der Waals surface area (Å²) in [6.45, 7) is 1.46. The Kier molecular flexibility index (Phi) is 4.84. The maximum absolute atomic E-state index is 12.3. The first-order valence-electron chi connectivity index (χ1n) is 8.60. The zero-order valence-corrected chi connectivity index (χ0v) is 15.4. The van der Waals surface area contributed by atoms with Crippen LogP contribution in [0.5, 0.6) is 5.75 Å². The molecule has 0 unspecified atom stereocenters. The Balaban J connectivity index is 1.26. The summed E-state index contributed by atoms with van der Waals surface area (Å²) in [5.74, 6) is -0.485. The van der Waals surface area contributed by atoms with E-state index in [0.717, 1.165) is 15.3 Å². The number of fused-ring (bicyclic) bond motifs is 1. The molecule has 2 heterocycles. The van der Waals surface area contributed by atoms with Crippen LogP contribution in [0.25, 0.3) is 10.2 Å². The van der Waals surface area contributed by atoms with Crippen LogP contribution in [0, 0.1) is 5.92 Å². The van der Waals surface area contributed by atoms with Crippen molar-refractivity contribution in [2.24, 2.45) is 5.92 Å². The first-order chi connectivity index (χ1) is 13.4. The lowest BCUT2D eigenvalue weighted by Crippen LogP contribution is -2.53. The third-order valence-corrected chi connectivity index (χ3v) is 5.53. The molecule has 0 aliphatic carbocycles. The molecule has 1 fully saturated rings. The lowest BCUT2D eigenvalue weighted by atomic mass is 10.00. The fraction of sp³-hybridized carbons (Fsp3) is 0.263. The Morgan fingerprint density at radius 1 is 1.18 bits per heavy atom. The number of halogens is 3. The zero-order valence-electron chi connectivity index (χ0n) is 14.6. The number of hydrogen-bond acceptors (Lipinski definition) is 5.